The van der Waals surface area contributed by atoms with E-state index < -0.39 is 5.60 Å². The maximum atomic E-state index is 11.9. The first kappa shape index (κ1) is 13.3. The Morgan fingerprint density at radius 3 is 2.62 bits per heavy atom. The molecule has 1 fully saturated rings. The molecule has 1 N–H and O–H groups in total. The van der Waals surface area contributed by atoms with Crippen LogP contribution in [0.15, 0.2) is 0 Å². The van der Waals surface area contributed by atoms with Crippen LogP contribution in [0.25, 0.3) is 0 Å². The lowest BCUT2D eigenvalue weighted by molar-refractivity contribution is -0.00349. The van der Waals surface area contributed by atoms with Crippen molar-refractivity contribution in [1.29, 1.82) is 0 Å². The molecular weight excluding hydrogens is 206 g/mol. The van der Waals surface area contributed by atoms with Crippen LogP contribution in [0.3, 0.4) is 0 Å². The fourth-order valence-electron chi connectivity index (χ4n) is 1.99. The number of likely N-dealkylation sites (tertiary alicyclic amines) is 1. The first-order valence-electron chi connectivity index (χ1n) is 5.94. The van der Waals surface area contributed by atoms with Crippen LogP contribution in [0, 0.1) is 5.92 Å². The van der Waals surface area contributed by atoms with Crippen molar-refractivity contribution in [2.24, 2.45) is 5.92 Å². The highest BCUT2D eigenvalue weighted by molar-refractivity contribution is 5.68. The largest absolute Gasteiger partial charge is 0.444 e. The summed E-state index contributed by atoms with van der Waals surface area (Å²) in [6.45, 7) is 8.41. The van der Waals surface area contributed by atoms with E-state index in [1.165, 1.54) is 0 Å². The Bertz CT molecular complexity index is 247. The highest BCUT2D eigenvalue weighted by Gasteiger charge is 2.32. The average Bonchev–Trinajstić information content (AvgIpc) is 2.14. The van der Waals surface area contributed by atoms with E-state index in [1.807, 2.05) is 20.8 Å². The molecule has 1 aliphatic heterocycles. The van der Waals surface area contributed by atoms with Crippen molar-refractivity contribution in [3.05, 3.63) is 0 Å². The van der Waals surface area contributed by atoms with Gasteiger partial charge in [0.2, 0.25) is 0 Å². The summed E-state index contributed by atoms with van der Waals surface area (Å²) in [5.74, 6) is 0.566. The molecule has 0 unspecified atom stereocenters. The lowest BCUT2D eigenvalue weighted by atomic mass is 9.93. The average molecular weight is 229 g/mol. The number of aliphatic hydroxyl groups is 1. The first-order valence-corrected chi connectivity index (χ1v) is 5.94. The van der Waals surface area contributed by atoms with E-state index in [9.17, 15) is 9.90 Å². The van der Waals surface area contributed by atoms with E-state index in [2.05, 4.69) is 6.92 Å². The highest BCUT2D eigenvalue weighted by atomic mass is 16.6. The minimum Gasteiger partial charge on any atom is -0.444 e. The molecule has 0 saturated carbocycles. The van der Waals surface area contributed by atoms with E-state index in [4.69, 9.17) is 4.74 Å². The van der Waals surface area contributed by atoms with Gasteiger partial charge in [-0.1, -0.05) is 6.92 Å². The molecule has 4 nitrogen and oxygen atoms in total. The second-order valence-electron chi connectivity index (χ2n) is 5.64. The van der Waals surface area contributed by atoms with Crippen molar-refractivity contribution in [2.45, 2.75) is 52.2 Å². The van der Waals surface area contributed by atoms with E-state index in [1.54, 1.807) is 4.90 Å². The number of amides is 1. The molecule has 0 radical (unpaired) electrons. The van der Waals surface area contributed by atoms with Crippen molar-refractivity contribution in [3.8, 4) is 0 Å². The summed E-state index contributed by atoms with van der Waals surface area (Å²) < 4.78 is 5.32. The van der Waals surface area contributed by atoms with E-state index in [-0.39, 0.29) is 18.7 Å². The molecule has 0 aromatic rings. The second-order valence-corrected chi connectivity index (χ2v) is 5.64. The Kier molecular flexibility index (Phi) is 4.19. The molecule has 0 spiro atoms. The number of ether oxygens (including phenoxy) is 1. The van der Waals surface area contributed by atoms with Gasteiger partial charge < -0.3 is 14.7 Å². The fraction of sp³-hybridized carbons (Fsp3) is 0.917. The van der Waals surface area contributed by atoms with Crippen LogP contribution in [0.5, 0.6) is 0 Å². The lowest BCUT2D eigenvalue weighted by Gasteiger charge is -2.38. The van der Waals surface area contributed by atoms with Crippen molar-refractivity contribution in [2.75, 3.05) is 13.2 Å². The van der Waals surface area contributed by atoms with Crippen molar-refractivity contribution >= 4 is 6.09 Å². The summed E-state index contributed by atoms with van der Waals surface area (Å²) in [5, 5.41) is 9.28. The third kappa shape index (κ3) is 3.67. The van der Waals surface area contributed by atoms with E-state index in [0.29, 0.717) is 12.5 Å². The predicted octanol–water partition coefficient (Wildman–Crippen LogP) is 2.01. The molecule has 1 rings (SSSR count). The van der Waals surface area contributed by atoms with Gasteiger partial charge in [-0.05, 0) is 39.5 Å². The fourth-order valence-corrected chi connectivity index (χ4v) is 1.99. The van der Waals surface area contributed by atoms with Gasteiger partial charge in [-0.2, -0.15) is 0 Å². The van der Waals surface area contributed by atoms with Crippen LogP contribution in [0.4, 0.5) is 4.79 Å². The van der Waals surface area contributed by atoms with Gasteiger partial charge in [0.05, 0.1) is 12.6 Å². The van der Waals surface area contributed by atoms with Gasteiger partial charge in [-0.3, -0.25) is 0 Å². The minimum atomic E-state index is -0.472. The molecule has 0 aromatic heterocycles. The molecular formula is C12H23NO3. The standard InChI is InChI=1S/C12H23NO3/c1-9-5-6-13(10(7-9)8-14)11(15)16-12(2,3)4/h9-10,14H,5-8H2,1-4H3/t9-,10-/m0/s1. The topological polar surface area (TPSA) is 49.8 Å². The predicted molar refractivity (Wildman–Crippen MR) is 62.2 cm³/mol. The quantitative estimate of drug-likeness (QED) is 0.748. The zero-order valence-electron chi connectivity index (χ0n) is 10.7. The Balaban J connectivity index is 2.60. The maximum absolute atomic E-state index is 11.9. The normalized spacial score (nSPS) is 26.7. The van der Waals surface area contributed by atoms with Gasteiger partial charge >= 0.3 is 6.09 Å². The van der Waals surface area contributed by atoms with Gasteiger partial charge in [0.15, 0.2) is 0 Å². The molecule has 0 bridgehead atoms. The number of carbonyl (C=O) groups excluding carboxylic acids is 1. The molecule has 1 amide bonds. The van der Waals surface area contributed by atoms with E-state index in [0.717, 1.165) is 12.8 Å². The number of piperidine rings is 1. The molecule has 16 heavy (non-hydrogen) atoms. The SMILES string of the molecule is C[C@H]1CCN(C(=O)OC(C)(C)C)[C@H](CO)C1. The van der Waals surface area contributed by atoms with Crippen LogP contribution < -0.4 is 0 Å². The van der Waals surface area contributed by atoms with Crippen LogP contribution >= 0.6 is 0 Å². The van der Waals surface area contributed by atoms with E-state index >= 15 is 0 Å². The summed E-state index contributed by atoms with van der Waals surface area (Å²) in [6, 6.07) is -0.0846. The van der Waals surface area contributed by atoms with Gasteiger partial charge in [-0.15, -0.1) is 0 Å². The third-order valence-electron chi connectivity index (χ3n) is 2.82. The summed E-state index contributed by atoms with van der Waals surface area (Å²) in [6.07, 6.45) is 1.53. The maximum Gasteiger partial charge on any atom is 0.410 e. The summed E-state index contributed by atoms with van der Waals surface area (Å²) in [4.78, 5) is 13.5. The lowest BCUT2D eigenvalue weighted by Crippen LogP contribution is -2.49. The van der Waals surface area contributed by atoms with Crippen molar-refractivity contribution in [3.63, 3.8) is 0 Å². The van der Waals surface area contributed by atoms with Crippen LogP contribution in [0.2, 0.25) is 0 Å². The van der Waals surface area contributed by atoms with Gasteiger partial charge in [0.1, 0.15) is 5.60 Å². The summed E-state index contributed by atoms with van der Waals surface area (Å²) >= 11 is 0. The van der Waals surface area contributed by atoms with Crippen molar-refractivity contribution in [1.82, 2.24) is 4.90 Å². The second kappa shape index (κ2) is 5.04. The first-order chi connectivity index (χ1) is 7.33. The summed E-state index contributed by atoms with van der Waals surface area (Å²) in [5.41, 5.74) is -0.472. The number of carbonyl (C=O) groups is 1. The molecule has 1 saturated heterocycles. The number of hydrogen-bond donors (Lipinski definition) is 1. The van der Waals surface area contributed by atoms with Gasteiger partial charge in [0, 0.05) is 6.54 Å². The molecule has 0 aliphatic carbocycles. The Morgan fingerprint density at radius 1 is 1.50 bits per heavy atom. The van der Waals surface area contributed by atoms with Crippen molar-refractivity contribution < 1.29 is 14.6 Å². The Hall–Kier alpha value is -0.770. The minimum absolute atomic E-state index is 0.0174. The Labute approximate surface area is 97.6 Å². The molecule has 4 heteroatoms. The molecule has 2 atom stereocenters. The molecule has 94 valence electrons. The zero-order valence-corrected chi connectivity index (χ0v) is 10.7. The molecule has 1 heterocycles. The monoisotopic (exact) mass is 229 g/mol. The van der Waals surface area contributed by atoms with Crippen LogP contribution in [-0.2, 0) is 4.74 Å². The van der Waals surface area contributed by atoms with Crippen LogP contribution in [0.1, 0.15) is 40.5 Å². The van der Waals surface area contributed by atoms with Crippen LogP contribution in [-0.4, -0.2) is 40.9 Å². The highest BCUT2D eigenvalue weighted by Crippen LogP contribution is 2.24. The Morgan fingerprint density at radius 2 is 2.12 bits per heavy atom. The number of rotatable bonds is 1. The molecule has 0 aromatic carbocycles. The number of hydrogen-bond acceptors (Lipinski definition) is 3. The number of nitrogens with zero attached hydrogens (tertiary/aromatic N) is 1. The summed E-state index contributed by atoms with van der Waals surface area (Å²) in [7, 11) is 0. The van der Waals surface area contributed by atoms with Gasteiger partial charge in [0.25, 0.3) is 0 Å². The third-order valence-corrected chi connectivity index (χ3v) is 2.82. The number of aliphatic hydroxyl groups excluding tert-OH is 1. The van der Waals surface area contributed by atoms with Gasteiger partial charge in [-0.25, -0.2) is 4.79 Å². The smallest absolute Gasteiger partial charge is 0.410 e. The zero-order chi connectivity index (χ0) is 12.3. The molecule has 1 aliphatic rings.